The summed E-state index contributed by atoms with van der Waals surface area (Å²) in [6.45, 7) is 0. The van der Waals surface area contributed by atoms with Crippen molar-refractivity contribution in [1.82, 2.24) is 4.57 Å². The van der Waals surface area contributed by atoms with Crippen LogP contribution in [-0.4, -0.2) is 4.57 Å². The second kappa shape index (κ2) is 3.20. The van der Waals surface area contributed by atoms with E-state index in [2.05, 4.69) is 15.9 Å². The first-order chi connectivity index (χ1) is 6.59. The van der Waals surface area contributed by atoms with Crippen molar-refractivity contribution in [2.24, 2.45) is 7.05 Å². The molecule has 72 valence electrons. The van der Waals surface area contributed by atoms with Crippen molar-refractivity contribution in [1.29, 1.82) is 0 Å². The molecule has 0 spiro atoms. The summed E-state index contributed by atoms with van der Waals surface area (Å²) in [5.74, 6) is -0.362. The number of hydrogen-bond donors (Lipinski definition) is 0. The minimum Gasteiger partial charge on any atom is -0.311 e. The van der Waals surface area contributed by atoms with Crippen LogP contribution in [0.1, 0.15) is 0 Å². The molecule has 0 saturated carbocycles. The molecule has 0 saturated heterocycles. The van der Waals surface area contributed by atoms with Gasteiger partial charge in [0.15, 0.2) is 0 Å². The Kier molecular flexibility index (Phi) is 2.15. The average Bonchev–Trinajstić information content (AvgIpc) is 2.15. The number of fused-ring (bicyclic) bond motifs is 1. The maximum absolute atomic E-state index is 13.2. The molecule has 0 amide bonds. The SMILES string of the molecule is Cn1c(=O)ccc2cc(Br)c(F)cc21. The van der Waals surface area contributed by atoms with Crippen LogP contribution in [0.3, 0.4) is 0 Å². The molecule has 2 rings (SSSR count). The number of rotatable bonds is 0. The van der Waals surface area contributed by atoms with Gasteiger partial charge >= 0.3 is 0 Å². The summed E-state index contributed by atoms with van der Waals surface area (Å²) in [4.78, 5) is 11.3. The summed E-state index contributed by atoms with van der Waals surface area (Å²) in [6.07, 6.45) is 0. The van der Waals surface area contributed by atoms with Crippen LogP contribution in [0.25, 0.3) is 10.9 Å². The van der Waals surface area contributed by atoms with Gasteiger partial charge < -0.3 is 4.57 Å². The number of nitrogens with zero attached hydrogens (tertiary/aromatic N) is 1. The zero-order valence-electron chi connectivity index (χ0n) is 7.42. The van der Waals surface area contributed by atoms with Crippen LogP contribution < -0.4 is 5.56 Å². The van der Waals surface area contributed by atoms with Crippen LogP contribution in [0.4, 0.5) is 4.39 Å². The second-order valence-corrected chi connectivity index (χ2v) is 3.91. The first-order valence-electron chi connectivity index (χ1n) is 4.04. The Hall–Kier alpha value is -1.16. The highest BCUT2D eigenvalue weighted by Gasteiger charge is 2.04. The summed E-state index contributed by atoms with van der Waals surface area (Å²) in [6, 6.07) is 6.15. The number of pyridine rings is 1. The largest absolute Gasteiger partial charge is 0.311 e. The number of halogens is 2. The predicted molar refractivity (Wildman–Crippen MR) is 56.8 cm³/mol. The number of aromatic nitrogens is 1. The minimum absolute atomic E-state index is 0.140. The molecule has 0 radical (unpaired) electrons. The summed E-state index contributed by atoms with van der Waals surface area (Å²) < 4.78 is 15.0. The Labute approximate surface area is 88.1 Å². The Morgan fingerprint density at radius 1 is 1.36 bits per heavy atom. The lowest BCUT2D eigenvalue weighted by Gasteiger charge is -2.04. The Balaban J connectivity index is 2.97. The summed E-state index contributed by atoms with van der Waals surface area (Å²) in [5, 5.41) is 0.834. The van der Waals surface area contributed by atoms with E-state index in [1.165, 1.54) is 16.7 Å². The second-order valence-electron chi connectivity index (χ2n) is 3.06. The third kappa shape index (κ3) is 1.35. The highest BCUT2D eigenvalue weighted by Crippen LogP contribution is 2.21. The molecule has 2 aromatic rings. The van der Waals surface area contributed by atoms with Gasteiger partial charge in [-0.05, 0) is 39.5 Å². The fourth-order valence-corrected chi connectivity index (χ4v) is 1.73. The van der Waals surface area contributed by atoms with Crippen molar-refractivity contribution in [2.45, 2.75) is 0 Å². The lowest BCUT2D eigenvalue weighted by atomic mass is 10.2. The van der Waals surface area contributed by atoms with Gasteiger partial charge in [-0.3, -0.25) is 4.79 Å². The van der Waals surface area contributed by atoms with Crippen LogP contribution in [-0.2, 0) is 7.05 Å². The molecule has 14 heavy (non-hydrogen) atoms. The first-order valence-corrected chi connectivity index (χ1v) is 4.83. The van der Waals surface area contributed by atoms with Crippen molar-refractivity contribution in [3.8, 4) is 0 Å². The Morgan fingerprint density at radius 3 is 2.79 bits per heavy atom. The van der Waals surface area contributed by atoms with E-state index in [0.29, 0.717) is 9.99 Å². The van der Waals surface area contributed by atoms with Gasteiger partial charge in [-0.1, -0.05) is 0 Å². The molecule has 0 N–H and O–H groups in total. The smallest absolute Gasteiger partial charge is 0.250 e. The third-order valence-electron chi connectivity index (χ3n) is 2.17. The van der Waals surface area contributed by atoms with Crippen molar-refractivity contribution >= 4 is 26.8 Å². The summed E-state index contributed by atoms with van der Waals surface area (Å²) in [7, 11) is 1.62. The third-order valence-corrected chi connectivity index (χ3v) is 2.77. The zero-order chi connectivity index (χ0) is 10.3. The molecule has 2 nitrogen and oxygen atoms in total. The molecule has 1 heterocycles. The monoisotopic (exact) mass is 255 g/mol. The molecule has 1 aromatic carbocycles. The van der Waals surface area contributed by atoms with E-state index in [9.17, 15) is 9.18 Å². The molecular weight excluding hydrogens is 249 g/mol. The Morgan fingerprint density at radius 2 is 2.07 bits per heavy atom. The Bertz CT molecular complexity index is 562. The molecule has 0 atom stereocenters. The van der Waals surface area contributed by atoms with E-state index < -0.39 is 0 Å². The van der Waals surface area contributed by atoms with E-state index in [1.807, 2.05) is 0 Å². The fourth-order valence-electron chi connectivity index (χ4n) is 1.37. The lowest BCUT2D eigenvalue weighted by Crippen LogP contribution is -2.15. The van der Waals surface area contributed by atoms with Gasteiger partial charge in [0.25, 0.3) is 5.56 Å². The van der Waals surface area contributed by atoms with Gasteiger partial charge in [0.1, 0.15) is 5.82 Å². The summed E-state index contributed by atoms with van der Waals surface area (Å²) in [5.41, 5.74) is 0.456. The van der Waals surface area contributed by atoms with Crippen LogP contribution in [0.15, 0.2) is 33.5 Å². The molecular formula is C10H7BrFNO. The van der Waals surface area contributed by atoms with Crippen LogP contribution in [0.5, 0.6) is 0 Å². The quantitative estimate of drug-likeness (QED) is 0.709. The van der Waals surface area contributed by atoms with E-state index in [4.69, 9.17) is 0 Å². The number of hydrogen-bond acceptors (Lipinski definition) is 1. The maximum atomic E-state index is 13.2. The van der Waals surface area contributed by atoms with Crippen LogP contribution in [0.2, 0.25) is 0 Å². The van der Waals surface area contributed by atoms with Gasteiger partial charge in [-0.2, -0.15) is 0 Å². The van der Waals surface area contributed by atoms with Gasteiger partial charge in [0.2, 0.25) is 0 Å². The molecule has 1 aromatic heterocycles. The molecule has 0 aliphatic carbocycles. The van der Waals surface area contributed by atoms with Crippen molar-refractivity contribution < 1.29 is 4.39 Å². The zero-order valence-corrected chi connectivity index (χ0v) is 9.01. The molecule has 0 aliphatic rings. The van der Waals surface area contributed by atoms with Crippen LogP contribution in [0, 0.1) is 5.82 Å². The van der Waals surface area contributed by atoms with Crippen molar-refractivity contribution in [2.75, 3.05) is 0 Å². The maximum Gasteiger partial charge on any atom is 0.250 e. The highest BCUT2D eigenvalue weighted by molar-refractivity contribution is 9.10. The van der Waals surface area contributed by atoms with Crippen molar-refractivity contribution in [3.05, 3.63) is 44.9 Å². The number of aryl methyl sites for hydroxylation is 1. The van der Waals surface area contributed by atoms with Crippen molar-refractivity contribution in [3.63, 3.8) is 0 Å². The van der Waals surface area contributed by atoms with E-state index in [-0.39, 0.29) is 11.4 Å². The standard InChI is InChI=1S/C10H7BrFNO/c1-13-9-5-8(12)7(11)4-6(9)2-3-10(13)14/h2-5H,1H3. The molecule has 0 aliphatic heterocycles. The minimum atomic E-state index is -0.362. The highest BCUT2D eigenvalue weighted by atomic mass is 79.9. The van der Waals surface area contributed by atoms with Gasteiger partial charge in [-0.25, -0.2) is 4.39 Å². The molecule has 0 bridgehead atoms. The van der Waals surface area contributed by atoms with Gasteiger partial charge in [0.05, 0.1) is 9.99 Å². The van der Waals surface area contributed by atoms with Crippen LogP contribution >= 0.6 is 15.9 Å². The van der Waals surface area contributed by atoms with E-state index in [1.54, 1.807) is 19.2 Å². The topological polar surface area (TPSA) is 22.0 Å². The molecule has 4 heteroatoms. The normalized spacial score (nSPS) is 10.8. The average molecular weight is 256 g/mol. The summed E-state index contributed by atoms with van der Waals surface area (Å²) >= 11 is 3.10. The van der Waals surface area contributed by atoms with Gasteiger partial charge in [-0.15, -0.1) is 0 Å². The number of benzene rings is 1. The lowest BCUT2D eigenvalue weighted by molar-refractivity contribution is 0.622. The fraction of sp³-hybridized carbons (Fsp3) is 0.100. The van der Waals surface area contributed by atoms with Gasteiger partial charge in [0, 0.05) is 13.1 Å². The van der Waals surface area contributed by atoms with E-state index >= 15 is 0 Å². The molecule has 0 fully saturated rings. The molecule has 0 unspecified atom stereocenters. The predicted octanol–water partition coefficient (Wildman–Crippen LogP) is 2.44. The first kappa shape index (κ1) is 9.40. The van der Waals surface area contributed by atoms with E-state index in [0.717, 1.165) is 5.39 Å².